The number of benzene rings is 2. The molecule has 23 heavy (non-hydrogen) atoms. The highest BCUT2D eigenvalue weighted by molar-refractivity contribution is 9.10. The number of nitriles is 1. The predicted octanol–water partition coefficient (Wildman–Crippen LogP) is 2.36. The van der Waals surface area contributed by atoms with Crippen molar-refractivity contribution < 1.29 is 14.7 Å². The monoisotopic (exact) mass is 369 g/mol. The van der Waals surface area contributed by atoms with Crippen molar-refractivity contribution >= 4 is 39.6 Å². The summed E-state index contributed by atoms with van der Waals surface area (Å²) in [5.74, 6) is -1.83. The number of anilines is 1. The van der Waals surface area contributed by atoms with Gasteiger partial charge in [0, 0.05) is 10.2 Å². The Morgan fingerprint density at radius 1 is 1.17 bits per heavy atom. The number of carboxylic acids is 1. The number of hydrogen-bond donors (Lipinski definition) is 1. The summed E-state index contributed by atoms with van der Waals surface area (Å²) in [6.45, 7) is 0. The number of aromatic carboxylic acids is 1. The van der Waals surface area contributed by atoms with Crippen molar-refractivity contribution in [2.45, 2.75) is 0 Å². The number of hydrogen-bond acceptors (Lipinski definition) is 4. The van der Waals surface area contributed by atoms with Gasteiger partial charge in [0.1, 0.15) is 11.6 Å². The molecule has 0 bridgehead atoms. The lowest BCUT2D eigenvalue weighted by Crippen LogP contribution is -2.21. The molecule has 0 aromatic heterocycles. The first-order valence-corrected chi connectivity index (χ1v) is 7.29. The minimum atomic E-state index is -1.28. The molecule has 0 saturated carbocycles. The van der Waals surface area contributed by atoms with Crippen LogP contribution in [0, 0.1) is 11.3 Å². The fourth-order valence-electron chi connectivity index (χ4n) is 1.80. The first-order chi connectivity index (χ1) is 11.0. The Hall–Kier alpha value is -2.91. The summed E-state index contributed by atoms with van der Waals surface area (Å²) in [6.07, 6.45) is 1.38. The number of halogens is 1. The zero-order chi connectivity index (χ0) is 16.8. The Bertz CT molecular complexity index is 820. The highest BCUT2D eigenvalue weighted by Crippen LogP contribution is 2.17. The number of rotatable bonds is 4. The minimum Gasteiger partial charge on any atom is -0.545 e. The van der Waals surface area contributed by atoms with E-state index in [9.17, 15) is 14.7 Å². The third kappa shape index (κ3) is 4.53. The first-order valence-electron chi connectivity index (χ1n) is 6.50. The maximum Gasteiger partial charge on any atom is 0.266 e. The highest BCUT2D eigenvalue weighted by atomic mass is 79.9. The van der Waals surface area contributed by atoms with E-state index in [1.807, 2.05) is 12.1 Å². The number of nitrogens with zero attached hydrogens (tertiary/aromatic N) is 1. The highest BCUT2D eigenvalue weighted by Gasteiger charge is 2.09. The van der Waals surface area contributed by atoms with E-state index in [2.05, 4.69) is 21.2 Å². The van der Waals surface area contributed by atoms with Crippen LogP contribution in [0.5, 0.6) is 0 Å². The third-order valence-electron chi connectivity index (χ3n) is 2.90. The fraction of sp³-hybridized carbons (Fsp3) is 0. The number of carboxylic acid groups (broad SMARTS) is 1. The molecule has 2 aromatic carbocycles. The lowest BCUT2D eigenvalue weighted by Gasteiger charge is -2.05. The molecule has 0 aliphatic heterocycles. The van der Waals surface area contributed by atoms with Crippen molar-refractivity contribution in [1.82, 2.24) is 0 Å². The van der Waals surface area contributed by atoms with Gasteiger partial charge in [-0.1, -0.05) is 46.3 Å². The Balaban J connectivity index is 2.19. The summed E-state index contributed by atoms with van der Waals surface area (Å²) >= 11 is 3.29. The maximum absolute atomic E-state index is 12.1. The maximum atomic E-state index is 12.1. The molecule has 2 aromatic rings. The molecule has 6 heteroatoms. The molecule has 2 rings (SSSR count). The second-order valence-electron chi connectivity index (χ2n) is 4.54. The summed E-state index contributed by atoms with van der Waals surface area (Å²) < 4.78 is 0.802. The summed E-state index contributed by atoms with van der Waals surface area (Å²) in [7, 11) is 0. The van der Waals surface area contributed by atoms with E-state index in [4.69, 9.17) is 5.26 Å². The molecule has 0 fully saturated rings. The molecule has 0 aliphatic rings. The largest absolute Gasteiger partial charge is 0.545 e. The molecule has 0 saturated heterocycles. The number of amides is 1. The Kier molecular flexibility index (Phi) is 5.28. The van der Waals surface area contributed by atoms with Crippen LogP contribution in [0.2, 0.25) is 0 Å². The van der Waals surface area contributed by atoms with Crippen LogP contribution in [0.25, 0.3) is 6.08 Å². The van der Waals surface area contributed by atoms with Gasteiger partial charge in [0.05, 0.1) is 5.97 Å². The van der Waals surface area contributed by atoms with Crippen molar-refractivity contribution in [2.75, 3.05) is 5.32 Å². The molecule has 0 atom stereocenters. The molecule has 1 N–H and O–H groups in total. The second kappa shape index (κ2) is 7.38. The summed E-state index contributed by atoms with van der Waals surface area (Å²) in [5.41, 5.74) is 1.03. The number of carbonyl (C=O) groups excluding carboxylic acids is 2. The number of nitrogens with one attached hydrogen (secondary N) is 1. The average Bonchev–Trinajstić information content (AvgIpc) is 2.53. The van der Waals surface area contributed by atoms with E-state index in [1.54, 1.807) is 18.2 Å². The van der Waals surface area contributed by atoms with E-state index in [-0.39, 0.29) is 11.1 Å². The van der Waals surface area contributed by atoms with Crippen molar-refractivity contribution in [3.05, 3.63) is 69.7 Å². The molecule has 114 valence electrons. The van der Waals surface area contributed by atoms with Crippen LogP contribution in [-0.4, -0.2) is 11.9 Å². The second-order valence-corrected chi connectivity index (χ2v) is 5.46. The smallest absolute Gasteiger partial charge is 0.266 e. The van der Waals surface area contributed by atoms with Gasteiger partial charge in [0.25, 0.3) is 5.91 Å². The van der Waals surface area contributed by atoms with E-state index >= 15 is 0 Å². The summed E-state index contributed by atoms with van der Waals surface area (Å²) in [4.78, 5) is 22.8. The number of carbonyl (C=O) groups is 2. The van der Waals surface area contributed by atoms with Crippen LogP contribution >= 0.6 is 15.9 Å². The van der Waals surface area contributed by atoms with Gasteiger partial charge in [-0.05, 0) is 35.4 Å². The third-order valence-corrected chi connectivity index (χ3v) is 3.40. The standard InChI is InChI=1S/C17H11BrN2O3/c18-14-2-1-3-15(9-14)20-16(21)13(10-19)8-11-4-6-12(7-5-11)17(22)23/h1-9H,(H,20,21)(H,22,23)/p-1/b13-8-. The molecular weight excluding hydrogens is 360 g/mol. The molecule has 0 aliphatic carbocycles. The molecule has 0 spiro atoms. The lowest BCUT2D eigenvalue weighted by atomic mass is 10.1. The molecule has 1 amide bonds. The van der Waals surface area contributed by atoms with Crippen LogP contribution in [0.3, 0.4) is 0 Å². The van der Waals surface area contributed by atoms with Crippen molar-refractivity contribution in [1.29, 1.82) is 5.26 Å². The predicted molar refractivity (Wildman–Crippen MR) is 87.1 cm³/mol. The van der Waals surface area contributed by atoms with Gasteiger partial charge < -0.3 is 15.2 Å². The van der Waals surface area contributed by atoms with Crippen LogP contribution in [-0.2, 0) is 4.79 Å². The fourth-order valence-corrected chi connectivity index (χ4v) is 2.19. The average molecular weight is 370 g/mol. The SMILES string of the molecule is N#C/C(=C/c1ccc(C(=O)[O-])cc1)C(=O)Nc1cccc(Br)c1. The van der Waals surface area contributed by atoms with E-state index < -0.39 is 11.9 Å². The normalized spacial score (nSPS) is 10.7. The van der Waals surface area contributed by atoms with Gasteiger partial charge in [-0.3, -0.25) is 4.79 Å². The molecule has 0 unspecified atom stereocenters. The van der Waals surface area contributed by atoms with Gasteiger partial charge in [-0.15, -0.1) is 0 Å². The van der Waals surface area contributed by atoms with Gasteiger partial charge in [-0.2, -0.15) is 5.26 Å². The van der Waals surface area contributed by atoms with Gasteiger partial charge in [0.15, 0.2) is 0 Å². The van der Waals surface area contributed by atoms with Crippen LogP contribution in [0.4, 0.5) is 5.69 Å². The Morgan fingerprint density at radius 3 is 2.43 bits per heavy atom. The Morgan fingerprint density at radius 2 is 1.87 bits per heavy atom. The zero-order valence-electron chi connectivity index (χ0n) is 11.7. The van der Waals surface area contributed by atoms with Crippen LogP contribution in [0.1, 0.15) is 15.9 Å². The van der Waals surface area contributed by atoms with Crippen LogP contribution in [0.15, 0.2) is 58.6 Å². The van der Waals surface area contributed by atoms with Gasteiger partial charge in [0.2, 0.25) is 0 Å². The minimum absolute atomic E-state index is 0.0271. The summed E-state index contributed by atoms with van der Waals surface area (Å²) in [6, 6.07) is 14.5. The molecule has 0 heterocycles. The van der Waals surface area contributed by atoms with Crippen molar-refractivity contribution in [2.24, 2.45) is 0 Å². The quantitative estimate of drug-likeness (QED) is 0.661. The van der Waals surface area contributed by atoms with Crippen molar-refractivity contribution in [3.63, 3.8) is 0 Å². The summed E-state index contributed by atoms with van der Waals surface area (Å²) in [5, 5.41) is 22.4. The van der Waals surface area contributed by atoms with Gasteiger partial charge in [-0.25, -0.2) is 0 Å². The Labute approximate surface area is 141 Å². The van der Waals surface area contributed by atoms with Gasteiger partial charge >= 0.3 is 0 Å². The molecule has 0 radical (unpaired) electrons. The lowest BCUT2D eigenvalue weighted by molar-refractivity contribution is -0.255. The van der Waals surface area contributed by atoms with E-state index in [1.165, 1.54) is 30.3 Å². The van der Waals surface area contributed by atoms with Crippen LogP contribution < -0.4 is 10.4 Å². The molecule has 5 nitrogen and oxygen atoms in total. The zero-order valence-corrected chi connectivity index (χ0v) is 13.3. The van der Waals surface area contributed by atoms with Crippen molar-refractivity contribution in [3.8, 4) is 6.07 Å². The van der Waals surface area contributed by atoms with E-state index in [0.717, 1.165) is 4.47 Å². The topological polar surface area (TPSA) is 93.0 Å². The molecular formula is C17H10BrN2O3-. The van der Waals surface area contributed by atoms with E-state index in [0.29, 0.717) is 11.3 Å². The first kappa shape index (κ1) is 16.5.